The van der Waals surface area contributed by atoms with Crippen LogP contribution in [0.3, 0.4) is 0 Å². The van der Waals surface area contributed by atoms with Crippen molar-refractivity contribution in [2.45, 2.75) is 31.0 Å². The van der Waals surface area contributed by atoms with Gasteiger partial charge in [0, 0.05) is 19.6 Å². The van der Waals surface area contributed by atoms with Crippen LogP contribution in [0.4, 0.5) is 0 Å². The Morgan fingerprint density at radius 2 is 2.11 bits per heavy atom. The molecule has 1 unspecified atom stereocenters. The van der Waals surface area contributed by atoms with E-state index in [2.05, 4.69) is 20.7 Å². The fourth-order valence-corrected chi connectivity index (χ4v) is 2.85. The second kappa shape index (κ2) is 5.88. The summed E-state index contributed by atoms with van der Waals surface area (Å²) in [4.78, 5) is 13.9. The Kier molecular flexibility index (Phi) is 5.20. The van der Waals surface area contributed by atoms with E-state index >= 15 is 0 Å². The van der Waals surface area contributed by atoms with Crippen LogP contribution in [0.1, 0.15) is 26.7 Å². The molecule has 0 aromatic rings. The smallest absolute Gasteiger partial charge is 0.238 e. The average Bonchev–Trinajstić information content (AvgIpc) is 2.23. The zero-order chi connectivity index (χ0) is 14.0. The van der Waals surface area contributed by atoms with Crippen LogP contribution in [0.15, 0.2) is 0 Å². The third kappa shape index (κ3) is 5.24. The molecule has 1 rings (SSSR count). The molecule has 0 radical (unpaired) electrons. The number of sulfonamides is 1. The number of carbonyl (C=O) groups is 1. The molecule has 0 aliphatic carbocycles. The highest BCUT2D eigenvalue weighted by Crippen LogP contribution is 2.24. The van der Waals surface area contributed by atoms with Gasteiger partial charge in [-0.05, 0) is 32.6 Å². The van der Waals surface area contributed by atoms with Gasteiger partial charge in [0.25, 0.3) is 0 Å². The average molecular weight is 341 g/mol. The molecule has 0 bridgehead atoms. The molecule has 18 heavy (non-hydrogen) atoms. The number of piperidine rings is 1. The molecule has 1 N–H and O–H groups in total. The minimum Gasteiger partial charge on any atom is -0.341 e. The topological polar surface area (TPSA) is 66.5 Å². The van der Waals surface area contributed by atoms with Gasteiger partial charge in [0.05, 0.1) is 10.6 Å². The van der Waals surface area contributed by atoms with Crippen LogP contribution < -0.4 is 4.72 Å². The first kappa shape index (κ1) is 15.9. The van der Waals surface area contributed by atoms with Gasteiger partial charge in [-0.1, -0.05) is 15.9 Å². The Morgan fingerprint density at radius 1 is 1.50 bits per heavy atom. The molecule has 7 heteroatoms. The van der Waals surface area contributed by atoms with Crippen molar-refractivity contribution in [1.29, 1.82) is 0 Å². The van der Waals surface area contributed by atoms with Crippen molar-refractivity contribution in [3.05, 3.63) is 0 Å². The van der Waals surface area contributed by atoms with Crippen LogP contribution >= 0.6 is 15.9 Å². The largest absolute Gasteiger partial charge is 0.341 e. The van der Waals surface area contributed by atoms with Gasteiger partial charge < -0.3 is 4.90 Å². The summed E-state index contributed by atoms with van der Waals surface area (Å²) in [5, 5.41) is 0. The lowest BCUT2D eigenvalue weighted by Gasteiger charge is -2.35. The third-order valence-electron chi connectivity index (χ3n) is 2.95. The molecule has 1 aliphatic heterocycles. The van der Waals surface area contributed by atoms with Crippen molar-refractivity contribution in [3.63, 3.8) is 0 Å². The lowest BCUT2D eigenvalue weighted by molar-refractivity contribution is -0.134. The van der Waals surface area contributed by atoms with Crippen molar-refractivity contribution in [2.75, 3.05) is 25.9 Å². The molecule has 5 nitrogen and oxygen atoms in total. The van der Waals surface area contributed by atoms with Gasteiger partial charge >= 0.3 is 0 Å². The number of amides is 1. The highest BCUT2D eigenvalue weighted by atomic mass is 79.9. The van der Waals surface area contributed by atoms with E-state index in [0.717, 1.165) is 25.6 Å². The number of carbonyl (C=O) groups excluding carboxylic acids is 1. The van der Waals surface area contributed by atoms with E-state index in [0.29, 0.717) is 13.1 Å². The van der Waals surface area contributed by atoms with Crippen LogP contribution in [0.2, 0.25) is 0 Å². The van der Waals surface area contributed by atoms with E-state index in [1.54, 1.807) is 0 Å². The third-order valence-corrected chi connectivity index (χ3v) is 3.98. The van der Waals surface area contributed by atoms with E-state index < -0.39 is 14.3 Å². The van der Waals surface area contributed by atoms with E-state index in [1.807, 2.05) is 18.7 Å². The highest BCUT2D eigenvalue weighted by molar-refractivity contribution is 9.10. The molecule has 1 aliphatic rings. The predicted molar refractivity (Wildman–Crippen MR) is 75.2 cm³/mol. The van der Waals surface area contributed by atoms with Gasteiger partial charge in [0.15, 0.2) is 0 Å². The number of nitrogens with one attached hydrogen (secondary N) is 1. The quantitative estimate of drug-likeness (QED) is 0.774. The van der Waals surface area contributed by atoms with E-state index in [-0.39, 0.29) is 11.8 Å². The standard InChI is InChI=1S/C11H21BrN2O3S/c1-11(2,12)10(15)14-6-4-5-9(8-14)7-13-18(3,16)17/h9,13H,4-8H2,1-3H3. The van der Waals surface area contributed by atoms with Crippen molar-refractivity contribution in [1.82, 2.24) is 9.62 Å². The summed E-state index contributed by atoms with van der Waals surface area (Å²) < 4.78 is 24.1. The van der Waals surface area contributed by atoms with Crippen molar-refractivity contribution in [2.24, 2.45) is 5.92 Å². The van der Waals surface area contributed by atoms with Crippen molar-refractivity contribution >= 4 is 31.9 Å². The summed E-state index contributed by atoms with van der Waals surface area (Å²) in [6.45, 7) is 5.44. The molecule has 1 fully saturated rings. The Bertz CT molecular complexity index is 403. The summed E-state index contributed by atoms with van der Waals surface area (Å²) in [6, 6.07) is 0. The number of hydrogen-bond donors (Lipinski definition) is 1. The molecule has 1 saturated heterocycles. The van der Waals surface area contributed by atoms with Crippen LogP contribution in [0, 0.1) is 5.92 Å². The fraction of sp³-hybridized carbons (Fsp3) is 0.909. The molecule has 1 amide bonds. The summed E-state index contributed by atoms with van der Waals surface area (Å²) in [7, 11) is -3.15. The van der Waals surface area contributed by atoms with E-state index in [1.165, 1.54) is 0 Å². The molecule has 1 heterocycles. The fourth-order valence-electron chi connectivity index (χ4n) is 2.06. The van der Waals surface area contributed by atoms with Crippen LogP contribution in [-0.4, -0.2) is 49.4 Å². The van der Waals surface area contributed by atoms with E-state index in [9.17, 15) is 13.2 Å². The Hall–Kier alpha value is -0.140. The Balaban J connectivity index is 2.54. The molecule has 106 valence electrons. The number of halogens is 1. The SMILES string of the molecule is CC(C)(Br)C(=O)N1CCCC(CNS(C)(=O)=O)C1. The minimum absolute atomic E-state index is 0.0616. The number of hydrogen-bond acceptors (Lipinski definition) is 3. The number of rotatable bonds is 4. The molecule has 0 aromatic carbocycles. The van der Waals surface area contributed by atoms with Crippen molar-refractivity contribution < 1.29 is 13.2 Å². The van der Waals surface area contributed by atoms with Gasteiger partial charge in [-0.15, -0.1) is 0 Å². The monoisotopic (exact) mass is 340 g/mol. The number of nitrogens with zero attached hydrogens (tertiary/aromatic N) is 1. The molecular weight excluding hydrogens is 320 g/mol. The maximum atomic E-state index is 12.1. The van der Waals surface area contributed by atoms with Crippen LogP contribution in [0.5, 0.6) is 0 Å². The normalized spacial score (nSPS) is 22.0. The van der Waals surface area contributed by atoms with Crippen molar-refractivity contribution in [3.8, 4) is 0 Å². The molecule has 0 aromatic heterocycles. The van der Waals surface area contributed by atoms with Crippen LogP contribution in [0.25, 0.3) is 0 Å². The lowest BCUT2D eigenvalue weighted by atomic mass is 9.97. The summed E-state index contributed by atoms with van der Waals surface area (Å²) in [6.07, 6.45) is 3.03. The summed E-state index contributed by atoms with van der Waals surface area (Å²) in [5.41, 5.74) is 0. The van der Waals surface area contributed by atoms with E-state index in [4.69, 9.17) is 0 Å². The molecule has 0 spiro atoms. The Labute approximate surface area is 117 Å². The maximum Gasteiger partial charge on any atom is 0.238 e. The first-order valence-electron chi connectivity index (χ1n) is 6.02. The van der Waals surface area contributed by atoms with Gasteiger partial charge in [-0.25, -0.2) is 13.1 Å². The van der Waals surface area contributed by atoms with Gasteiger partial charge in [-0.2, -0.15) is 0 Å². The number of alkyl halides is 1. The van der Waals surface area contributed by atoms with Gasteiger partial charge in [0.1, 0.15) is 0 Å². The first-order valence-corrected chi connectivity index (χ1v) is 8.71. The van der Waals surface area contributed by atoms with Crippen LogP contribution in [-0.2, 0) is 14.8 Å². The lowest BCUT2D eigenvalue weighted by Crippen LogP contribution is -2.48. The van der Waals surface area contributed by atoms with Gasteiger partial charge in [-0.3, -0.25) is 4.79 Å². The second-order valence-electron chi connectivity index (χ2n) is 5.35. The summed E-state index contributed by atoms with van der Waals surface area (Å²) >= 11 is 3.37. The zero-order valence-electron chi connectivity index (χ0n) is 11.1. The first-order chi connectivity index (χ1) is 8.09. The maximum absolute atomic E-state index is 12.1. The highest BCUT2D eigenvalue weighted by Gasteiger charge is 2.32. The predicted octanol–water partition coefficient (Wildman–Crippen LogP) is 0.948. The van der Waals surface area contributed by atoms with Gasteiger partial charge in [0.2, 0.25) is 15.9 Å². The molecule has 0 saturated carbocycles. The second-order valence-corrected chi connectivity index (χ2v) is 9.17. The Morgan fingerprint density at radius 3 is 2.61 bits per heavy atom. The molecular formula is C11H21BrN2O3S. The zero-order valence-corrected chi connectivity index (χ0v) is 13.5. The number of likely N-dealkylation sites (tertiary alicyclic amines) is 1. The summed E-state index contributed by atoms with van der Waals surface area (Å²) in [5.74, 6) is 0.263. The molecule has 1 atom stereocenters. The minimum atomic E-state index is -3.15.